The molecule has 0 atom stereocenters. The summed E-state index contributed by atoms with van der Waals surface area (Å²) in [5, 5.41) is 0. The molecule has 0 aliphatic heterocycles. The molecular formula is C4H10N6O4S. The number of nitrogens with zero attached hydrogens (tertiary/aromatic N) is 2. The van der Waals surface area contributed by atoms with Crippen molar-refractivity contribution in [3.05, 3.63) is 0 Å². The molecule has 0 saturated heterocycles. The first-order valence-corrected chi connectivity index (χ1v) is 4.64. The van der Waals surface area contributed by atoms with Crippen LogP contribution < -0.4 is 22.9 Å². The van der Waals surface area contributed by atoms with Crippen molar-refractivity contribution in [2.45, 2.75) is 0 Å². The molecule has 0 fully saturated rings. The molecule has 10 nitrogen and oxygen atoms in total. The van der Waals surface area contributed by atoms with E-state index >= 15 is 0 Å². The molecule has 15 heavy (non-hydrogen) atoms. The van der Waals surface area contributed by atoms with Gasteiger partial charge in [-0.25, -0.2) is 0 Å². The Morgan fingerprint density at radius 3 is 1.47 bits per heavy atom. The summed E-state index contributed by atoms with van der Waals surface area (Å²) in [4.78, 5) is 7.15. The summed E-state index contributed by atoms with van der Waals surface area (Å²) in [6.45, 7) is 0. The van der Waals surface area contributed by atoms with Crippen molar-refractivity contribution < 1.29 is 17.5 Å². The molecular weight excluding hydrogens is 228 g/mol. The number of aromatic nitrogens is 2. The molecule has 86 valence electrons. The number of nitrogens with two attached hydrogens (primary N) is 4. The molecule has 1 rings (SSSR count). The molecule has 0 bridgehead atoms. The van der Waals surface area contributed by atoms with Gasteiger partial charge in [0, 0.05) is 0 Å². The normalized spacial score (nSPS) is 10.3. The molecule has 0 saturated carbocycles. The van der Waals surface area contributed by atoms with Crippen LogP contribution in [0.3, 0.4) is 0 Å². The number of hydrogen-bond acceptors (Lipinski definition) is 8. The predicted octanol–water partition coefficient (Wildman–Crippen LogP) is -1.85. The van der Waals surface area contributed by atoms with Gasteiger partial charge in [0.1, 0.15) is 5.69 Å². The van der Waals surface area contributed by atoms with Gasteiger partial charge in [0.2, 0.25) is 5.95 Å². The summed E-state index contributed by atoms with van der Waals surface area (Å²) >= 11 is 0. The summed E-state index contributed by atoms with van der Waals surface area (Å²) < 4.78 is 31.6. The van der Waals surface area contributed by atoms with Crippen LogP contribution in [0.2, 0.25) is 0 Å². The van der Waals surface area contributed by atoms with Gasteiger partial charge in [-0.3, -0.25) is 9.11 Å². The van der Waals surface area contributed by atoms with Crippen molar-refractivity contribution in [1.29, 1.82) is 0 Å². The monoisotopic (exact) mass is 238 g/mol. The highest BCUT2D eigenvalue weighted by molar-refractivity contribution is 7.79. The van der Waals surface area contributed by atoms with Crippen LogP contribution in [-0.2, 0) is 10.4 Å². The number of nitrogen functional groups attached to an aromatic ring is 4. The average molecular weight is 238 g/mol. The van der Waals surface area contributed by atoms with Crippen molar-refractivity contribution in [1.82, 2.24) is 9.97 Å². The molecule has 1 heterocycles. The van der Waals surface area contributed by atoms with E-state index in [0.717, 1.165) is 0 Å². The Kier molecular flexibility index (Phi) is 4.02. The lowest BCUT2D eigenvalue weighted by molar-refractivity contribution is 0.381. The zero-order valence-corrected chi connectivity index (χ0v) is 8.14. The van der Waals surface area contributed by atoms with Gasteiger partial charge < -0.3 is 22.9 Å². The van der Waals surface area contributed by atoms with Crippen molar-refractivity contribution >= 4 is 33.7 Å². The zero-order valence-electron chi connectivity index (χ0n) is 7.32. The molecule has 11 heteroatoms. The van der Waals surface area contributed by atoms with Crippen LogP contribution in [0.25, 0.3) is 0 Å². The Balaban J connectivity index is 0.000000336. The first-order valence-electron chi connectivity index (χ1n) is 3.25. The van der Waals surface area contributed by atoms with Gasteiger partial charge in [-0.15, -0.1) is 0 Å². The fraction of sp³-hybridized carbons (Fsp3) is 0. The van der Waals surface area contributed by atoms with E-state index in [-0.39, 0.29) is 23.3 Å². The summed E-state index contributed by atoms with van der Waals surface area (Å²) in [6.07, 6.45) is 0. The highest BCUT2D eigenvalue weighted by atomic mass is 32.3. The third kappa shape index (κ3) is 6.25. The van der Waals surface area contributed by atoms with E-state index < -0.39 is 10.4 Å². The molecule has 0 unspecified atom stereocenters. The Hall–Kier alpha value is -1.85. The van der Waals surface area contributed by atoms with Crippen LogP contribution in [0.5, 0.6) is 0 Å². The molecule has 10 N–H and O–H groups in total. The first kappa shape index (κ1) is 13.2. The van der Waals surface area contributed by atoms with Gasteiger partial charge >= 0.3 is 10.4 Å². The minimum absolute atomic E-state index is 0.0317. The van der Waals surface area contributed by atoms with Gasteiger partial charge in [0.15, 0.2) is 11.6 Å². The van der Waals surface area contributed by atoms with E-state index in [1.54, 1.807) is 0 Å². The second-order valence-electron chi connectivity index (χ2n) is 2.21. The van der Waals surface area contributed by atoms with Crippen LogP contribution in [0, 0.1) is 0 Å². The maximum Gasteiger partial charge on any atom is 0.394 e. The maximum absolute atomic E-state index is 8.74. The van der Waals surface area contributed by atoms with Crippen LogP contribution >= 0.6 is 0 Å². The molecule has 1 aromatic heterocycles. The standard InChI is InChI=1S/C4H8N6.H2O4S/c5-1-2(6)9-4(8)10-3(1)7;1-5(2,3)4/h5H2,(H6,6,7,8,9,10);(H2,1,2,3,4). The molecule has 1 aromatic rings. The minimum atomic E-state index is -4.67. The molecule has 0 amide bonds. The highest BCUT2D eigenvalue weighted by Crippen LogP contribution is 2.17. The minimum Gasteiger partial charge on any atom is -0.393 e. The van der Waals surface area contributed by atoms with Crippen LogP contribution in [-0.4, -0.2) is 27.5 Å². The van der Waals surface area contributed by atoms with Crippen LogP contribution in [0.4, 0.5) is 23.3 Å². The fourth-order valence-corrected chi connectivity index (χ4v) is 0.523. The fourth-order valence-electron chi connectivity index (χ4n) is 0.523. The molecule has 0 aliphatic rings. The highest BCUT2D eigenvalue weighted by Gasteiger charge is 2.02. The van der Waals surface area contributed by atoms with E-state index in [2.05, 4.69) is 9.97 Å². The van der Waals surface area contributed by atoms with E-state index in [1.807, 2.05) is 0 Å². The Morgan fingerprint density at radius 2 is 1.20 bits per heavy atom. The second kappa shape index (κ2) is 4.59. The summed E-state index contributed by atoms with van der Waals surface area (Å²) in [6, 6.07) is 0. The Labute approximate surface area is 84.9 Å². The predicted molar refractivity (Wildman–Crippen MR) is 53.9 cm³/mol. The van der Waals surface area contributed by atoms with Gasteiger partial charge in [-0.05, 0) is 0 Å². The molecule has 0 aliphatic carbocycles. The number of anilines is 4. The summed E-state index contributed by atoms with van der Waals surface area (Å²) in [7, 11) is -4.67. The van der Waals surface area contributed by atoms with E-state index in [0.29, 0.717) is 0 Å². The second-order valence-corrected chi connectivity index (χ2v) is 3.11. The van der Waals surface area contributed by atoms with Gasteiger partial charge in [0.25, 0.3) is 0 Å². The maximum atomic E-state index is 8.74. The van der Waals surface area contributed by atoms with Crippen LogP contribution in [0.15, 0.2) is 0 Å². The quantitative estimate of drug-likeness (QED) is 0.278. The zero-order chi connectivity index (χ0) is 12.2. The summed E-state index contributed by atoms with van der Waals surface area (Å²) in [5.74, 6) is 0.263. The number of rotatable bonds is 0. The van der Waals surface area contributed by atoms with Gasteiger partial charge in [0.05, 0.1) is 0 Å². The first-order chi connectivity index (χ1) is 6.61. The topological polar surface area (TPSA) is 204 Å². The Morgan fingerprint density at radius 1 is 0.933 bits per heavy atom. The lowest BCUT2D eigenvalue weighted by Gasteiger charge is -2.01. The number of hydrogen-bond donors (Lipinski definition) is 6. The third-order valence-electron chi connectivity index (χ3n) is 1.02. The lowest BCUT2D eigenvalue weighted by atomic mass is 10.4. The lowest BCUT2D eigenvalue weighted by Crippen LogP contribution is -2.07. The molecule has 0 aromatic carbocycles. The van der Waals surface area contributed by atoms with Gasteiger partial charge in [-0.2, -0.15) is 18.4 Å². The van der Waals surface area contributed by atoms with Crippen molar-refractivity contribution in [2.75, 3.05) is 22.9 Å². The van der Waals surface area contributed by atoms with E-state index in [9.17, 15) is 0 Å². The SMILES string of the molecule is Nc1nc(N)c(N)c(N)n1.O=S(=O)(O)O. The van der Waals surface area contributed by atoms with Crippen molar-refractivity contribution in [3.63, 3.8) is 0 Å². The molecule has 0 radical (unpaired) electrons. The smallest absolute Gasteiger partial charge is 0.393 e. The third-order valence-corrected chi connectivity index (χ3v) is 1.02. The van der Waals surface area contributed by atoms with Crippen molar-refractivity contribution in [2.24, 2.45) is 0 Å². The summed E-state index contributed by atoms with van der Waals surface area (Å²) in [5.41, 5.74) is 21.3. The van der Waals surface area contributed by atoms with E-state index in [4.69, 9.17) is 40.5 Å². The largest absolute Gasteiger partial charge is 0.394 e. The average Bonchev–Trinajstić information content (AvgIpc) is 1.96. The molecule has 0 spiro atoms. The van der Waals surface area contributed by atoms with Crippen molar-refractivity contribution in [3.8, 4) is 0 Å². The van der Waals surface area contributed by atoms with Crippen LogP contribution in [0.1, 0.15) is 0 Å². The van der Waals surface area contributed by atoms with Gasteiger partial charge in [-0.1, -0.05) is 0 Å². The Bertz CT molecular complexity index is 413. The van der Waals surface area contributed by atoms with E-state index in [1.165, 1.54) is 0 Å².